The zero-order valence-corrected chi connectivity index (χ0v) is 19.7. The second kappa shape index (κ2) is 10.8. The summed E-state index contributed by atoms with van der Waals surface area (Å²) < 4.78 is 24.6. The minimum Gasteiger partial charge on any atom is -0.480 e. The number of amidine groups is 1. The number of benzene rings is 1. The van der Waals surface area contributed by atoms with Crippen molar-refractivity contribution in [1.29, 1.82) is 0 Å². The molecule has 0 radical (unpaired) electrons. The highest BCUT2D eigenvalue weighted by molar-refractivity contribution is 7.11. The fourth-order valence-electron chi connectivity index (χ4n) is 3.99. The molecule has 9 nitrogen and oxygen atoms in total. The predicted octanol–water partition coefficient (Wildman–Crippen LogP) is 1.96. The maximum Gasteiger partial charge on any atom is 0.338 e. The van der Waals surface area contributed by atoms with Crippen molar-refractivity contribution < 1.29 is 28.6 Å². The largest absolute Gasteiger partial charge is 0.480 e. The number of carbonyl (C=O) groups excluding carboxylic acids is 1. The molecule has 0 aliphatic carbocycles. The van der Waals surface area contributed by atoms with E-state index in [4.69, 9.17) is 20.9 Å². The molecule has 1 unspecified atom stereocenters. The quantitative estimate of drug-likeness (QED) is 0.440. The third-order valence-electron chi connectivity index (χ3n) is 5.61. The van der Waals surface area contributed by atoms with E-state index in [2.05, 4.69) is 16.2 Å². The third kappa shape index (κ3) is 5.24. The van der Waals surface area contributed by atoms with Gasteiger partial charge in [-0.3, -0.25) is 14.7 Å². The van der Waals surface area contributed by atoms with Gasteiger partial charge in [0, 0.05) is 35.9 Å². The van der Waals surface area contributed by atoms with E-state index in [0.29, 0.717) is 35.3 Å². The van der Waals surface area contributed by atoms with Crippen LogP contribution in [0, 0.1) is 18.2 Å². The van der Waals surface area contributed by atoms with Crippen molar-refractivity contribution in [3.63, 3.8) is 0 Å². The molecule has 2 aliphatic heterocycles. The van der Waals surface area contributed by atoms with Crippen molar-refractivity contribution in [2.45, 2.75) is 19.0 Å². The van der Waals surface area contributed by atoms with Crippen LogP contribution in [0.2, 0.25) is 0 Å². The molecule has 11 heteroatoms. The fourth-order valence-corrected chi connectivity index (χ4v) is 4.58. The maximum atomic E-state index is 14.0. The van der Waals surface area contributed by atoms with Gasteiger partial charge in [0.15, 0.2) is 10.8 Å². The summed E-state index contributed by atoms with van der Waals surface area (Å²) in [4.78, 5) is 35.8. The number of hydrogen-bond acceptors (Lipinski definition) is 9. The Kier molecular flexibility index (Phi) is 7.55. The number of carbonyl (C=O) groups is 2. The molecule has 1 aromatic carbocycles. The normalized spacial score (nSPS) is 20.5. The van der Waals surface area contributed by atoms with Gasteiger partial charge in [-0.15, -0.1) is 17.8 Å². The Labute approximate surface area is 205 Å². The van der Waals surface area contributed by atoms with Crippen LogP contribution in [0.3, 0.4) is 0 Å². The van der Waals surface area contributed by atoms with Crippen LogP contribution in [0.4, 0.5) is 4.39 Å². The van der Waals surface area contributed by atoms with E-state index in [1.807, 2.05) is 0 Å². The zero-order valence-electron chi connectivity index (χ0n) is 18.9. The molecule has 0 amide bonds. The van der Waals surface area contributed by atoms with E-state index in [0.717, 1.165) is 0 Å². The van der Waals surface area contributed by atoms with Gasteiger partial charge in [0.25, 0.3) is 0 Å². The second-order valence-electron chi connectivity index (χ2n) is 7.73. The molecule has 0 saturated carbocycles. The number of nitrogens with zero attached hydrogens (tertiary/aromatic N) is 3. The summed E-state index contributed by atoms with van der Waals surface area (Å²) in [6.07, 6.45) is 7.28. The first kappa shape index (κ1) is 24.5. The number of rotatable bonds is 7. The number of nitrogens with one attached hydrogen (secondary N) is 1. The minimum atomic E-state index is -1.03. The standard InChI is InChI=1S/C24H23FN4O5S/c1-3-14-11-15(25)5-6-16(14)20-19(24(32)34-4-2)17(27-21(28-20)22-26-7-10-35-22)12-29-8-9-33-13-18(29)23(30)31/h1,5-7,10-11,18,20H,4,8-9,12-13H2,2H3,(H,27,28)(H,30,31)/t18-,20?/m0/s1. The molecule has 182 valence electrons. The van der Waals surface area contributed by atoms with Gasteiger partial charge >= 0.3 is 11.9 Å². The maximum absolute atomic E-state index is 14.0. The summed E-state index contributed by atoms with van der Waals surface area (Å²) in [5.41, 5.74) is 1.27. The first-order valence-electron chi connectivity index (χ1n) is 10.9. The summed E-state index contributed by atoms with van der Waals surface area (Å²) in [5, 5.41) is 15.2. The topological polar surface area (TPSA) is 113 Å². The molecule has 2 aliphatic rings. The molecule has 1 fully saturated rings. The van der Waals surface area contributed by atoms with Crippen LogP contribution in [0.25, 0.3) is 0 Å². The van der Waals surface area contributed by atoms with Gasteiger partial charge in [0.1, 0.15) is 17.9 Å². The van der Waals surface area contributed by atoms with E-state index in [-0.39, 0.29) is 30.9 Å². The lowest BCUT2D eigenvalue weighted by Gasteiger charge is -2.35. The Morgan fingerprint density at radius 2 is 2.29 bits per heavy atom. The van der Waals surface area contributed by atoms with Crippen molar-refractivity contribution >= 4 is 29.1 Å². The molecule has 0 spiro atoms. The van der Waals surface area contributed by atoms with Crippen LogP contribution in [-0.4, -0.2) is 71.7 Å². The van der Waals surface area contributed by atoms with Crippen LogP contribution < -0.4 is 5.32 Å². The van der Waals surface area contributed by atoms with Crippen LogP contribution in [0.5, 0.6) is 0 Å². The SMILES string of the molecule is C#Cc1cc(F)ccc1C1N=C(c2nccs2)NC(CN2CCOC[C@H]2C(=O)O)=C1C(=O)OCC. The van der Waals surface area contributed by atoms with Crippen molar-refractivity contribution in [3.05, 3.63) is 63.0 Å². The molecule has 1 saturated heterocycles. The van der Waals surface area contributed by atoms with E-state index < -0.39 is 29.8 Å². The molecule has 35 heavy (non-hydrogen) atoms. The lowest BCUT2D eigenvalue weighted by atomic mass is 9.91. The Bertz CT molecular complexity index is 1220. The average molecular weight is 499 g/mol. The predicted molar refractivity (Wildman–Crippen MR) is 126 cm³/mol. The molecule has 4 rings (SSSR count). The number of carboxylic acids is 1. The highest BCUT2D eigenvalue weighted by atomic mass is 32.1. The third-order valence-corrected chi connectivity index (χ3v) is 6.39. The summed E-state index contributed by atoms with van der Waals surface area (Å²) in [6, 6.07) is 2.15. The highest BCUT2D eigenvalue weighted by Gasteiger charge is 2.37. The summed E-state index contributed by atoms with van der Waals surface area (Å²) in [7, 11) is 0. The van der Waals surface area contributed by atoms with Crippen molar-refractivity contribution in [2.24, 2.45) is 4.99 Å². The van der Waals surface area contributed by atoms with Crippen molar-refractivity contribution in [2.75, 3.05) is 32.9 Å². The van der Waals surface area contributed by atoms with Gasteiger partial charge < -0.3 is 19.9 Å². The zero-order chi connectivity index (χ0) is 24.9. The van der Waals surface area contributed by atoms with Crippen LogP contribution >= 0.6 is 11.3 Å². The molecule has 0 bridgehead atoms. The lowest BCUT2D eigenvalue weighted by molar-refractivity contribution is -0.149. The Morgan fingerprint density at radius 3 is 2.97 bits per heavy atom. The number of thiazole rings is 1. The fraction of sp³-hybridized carbons (Fsp3) is 0.333. The number of terminal acetylenes is 1. The first-order chi connectivity index (χ1) is 16.9. The number of aliphatic carboxylic acids is 1. The van der Waals surface area contributed by atoms with Gasteiger partial charge in [-0.25, -0.2) is 14.2 Å². The van der Waals surface area contributed by atoms with Crippen molar-refractivity contribution in [1.82, 2.24) is 15.2 Å². The number of morpholine rings is 1. The van der Waals surface area contributed by atoms with E-state index >= 15 is 0 Å². The van der Waals surface area contributed by atoms with Crippen LogP contribution in [-0.2, 0) is 19.1 Å². The van der Waals surface area contributed by atoms with Crippen LogP contribution in [0.1, 0.15) is 29.1 Å². The molecule has 2 aromatic rings. The van der Waals surface area contributed by atoms with Gasteiger partial charge in [-0.1, -0.05) is 12.0 Å². The average Bonchev–Trinajstić information content (AvgIpc) is 3.39. The monoisotopic (exact) mass is 498 g/mol. The lowest BCUT2D eigenvalue weighted by Crippen LogP contribution is -2.52. The minimum absolute atomic E-state index is 0.0212. The Balaban J connectivity index is 1.86. The smallest absolute Gasteiger partial charge is 0.338 e. The summed E-state index contributed by atoms with van der Waals surface area (Å²) in [6.45, 7) is 2.60. The van der Waals surface area contributed by atoms with Gasteiger partial charge in [-0.05, 0) is 24.6 Å². The summed E-state index contributed by atoms with van der Waals surface area (Å²) in [5.74, 6) is 0.685. The van der Waals surface area contributed by atoms with Gasteiger partial charge in [0.2, 0.25) is 0 Å². The molecule has 1 aromatic heterocycles. The summed E-state index contributed by atoms with van der Waals surface area (Å²) >= 11 is 1.34. The highest BCUT2D eigenvalue weighted by Crippen LogP contribution is 2.35. The number of ether oxygens (including phenoxy) is 2. The first-order valence-corrected chi connectivity index (χ1v) is 11.8. The number of aromatic nitrogens is 1. The second-order valence-corrected chi connectivity index (χ2v) is 8.63. The Morgan fingerprint density at radius 1 is 1.46 bits per heavy atom. The Hall–Kier alpha value is -3.59. The molecule has 3 heterocycles. The number of hydrogen-bond donors (Lipinski definition) is 2. The number of esters is 1. The van der Waals surface area contributed by atoms with Gasteiger partial charge in [-0.2, -0.15) is 0 Å². The molecular weight excluding hydrogens is 475 g/mol. The number of halogens is 1. The van der Waals surface area contributed by atoms with E-state index in [1.54, 1.807) is 23.4 Å². The molecule has 2 atom stereocenters. The van der Waals surface area contributed by atoms with Crippen molar-refractivity contribution in [3.8, 4) is 12.3 Å². The van der Waals surface area contributed by atoms with E-state index in [1.165, 1.54) is 29.5 Å². The van der Waals surface area contributed by atoms with Gasteiger partial charge in [0.05, 0.1) is 25.4 Å². The number of carboxylic acid groups (broad SMARTS) is 1. The molecule has 2 N–H and O–H groups in total. The van der Waals surface area contributed by atoms with E-state index in [9.17, 15) is 19.1 Å². The number of aliphatic imine (C=N–C) groups is 1. The van der Waals surface area contributed by atoms with Crippen LogP contribution in [0.15, 0.2) is 46.0 Å². The molecular formula is C24H23FN4O5S.